The van der Waals surface area contributed by atoms with E-state index in [9.17, 15) is 9.59 Å². The van der Waals surface area contributed by atoms with Gasteiger partial charge in [-0.3, -0.25) is 9.59 Å². The number of carboxylic acid groups (broad SMARTS) is 2. The van der Waals surface area contributed by atoms with E-state index in [4.69, 9.17) is 10.2 Å². The maximum atomic E-state index is 10.8. The molecule has 0 aromatic rings. The Morgan fingerprint density at radius 3 is 1.93 bits per heavy atom. The number of hydrogen-bond donors (Lipinski definition) is 2. The molecule has 0 heterocycles. The van der Waals surface area contributed by atoms with Gasteiger partial charge in [0, 0.05) is 18.1 Å². The number of hydrogen-bond acceptors (Lipinski definition) is 3. The van der Waals surface area contributed by atoms with Crippen LogP contribution in [0.4, 0.5) is 0 Å². The average Bonchev–Trinajstić information content (AvgIpc) is 2.63. The number of rotatable bonds is 20. The van der Waals surface area contributed by atoms with Gasteiger partial charge in [0.1, 0.15) is 0 Å². The monoisotopic (exact) mass is 400 g/mol. The van der Waals surface area contributed by atoms with E-state index >= 15 is 0 Å². The van der Waals surface area contributed by atoms with E-state index in [-0.39, 0.29) is 18.1 Å². The molecule has 0 aliphatic rings. The lowest BCUT2D eigenvalue weighted by Crippen LogP contribution is -2.05. The molecule has 5 heteroatoms. The molecule has 0 rings (SSSR count). The zero-order chi connectivity index (χ0) is 20.2. The van der Waals surface area contributed by atoms with Gasteiger partial charge in [-0.1, -0.05) is 76.9 Å². The summed E-state index contributed by atoms with van der Waals surface area (Å²) in [6.45, 7) is 2.25. The first kappa shape index (κ1) is 26.0. The smallest absolute Gasteiger partial charge is 0.303 e. The molecule has 0 bridgehead atoms. The number of carboxylic acids is 2. The highest BCUT2D eigenvalue weighted by atomic mass is 32.2. The van der Waals surface area contributed by atoms with Crippen LogP contribution in [0.25, 0.3) is 0 Å². The summed E-state index contributed by atoms with van der Waals surface area (Å²) >= 11 is 1.67. The molecule has 0 saturated heterocycles. The van der Waals surface area contributed by atoms with Crippen LogP contribution in [0.15, 0.2) is 12.2 Å². The number of thioether (sulfide) groups is 1. The standard InChI is InChI=1S/C22H40O4S/c1-2-3-4-5-6-7-8-9-10-11-12-13-15-20(17-18-22(25)26)27-19-14-16-21(23)24/h13,15,20H,2-12,14,16-19H2,1H3,(H,23,24)(H,25,26)/b15-13-. The van der Waals surface area contributed by atoms with E-state index in [1.165, 1.54) is 64.2 Å². The van der Waals surface area contributed by atoms with Gasteiger partial charge < -0.3 is 10.2 Å². The molecule has 0 spiro atoms. The normalized spacial score (nSPS) is 12.5. The Morgan fingerprint density at radius 2 is 1.37 bits per heavy atom. The van der Waals surface area contributed by atoms with Crippen LogP contribution in [0.1, 0.15) is 103 Å². The van der Waals surface area contributed by atoms with Crippen molar-refractivity contribution in [1.82, 2.24) is 0 Å². The van der Waals surface area contributed by atoms with E-state index in [1.54, 1.807) is 11.8 Å². The second-order valence-corrected chi connectivity index (χ2v) is 8.58. The van der Waals surface area contributed by atoms with E-state index < -0.39 is 11.9 Å². The molecule has 0 amide bonds. The number of allylic oxidation sites excluding steroid dienone is 1. The second kappa shape index (κ2) is 19.8. The maximum Gasteiger partial charge on any atom is 0.303 e. The summed E-state index contributed by atoms with van der Waals surface area (Å²) in [4.78, 5) is 21.3. The third kappa shape index (κ3) is 21.2. The van der Waals surface area contributed by atoms with Crippen molar-refractivity contribution in [2.75, 3.05) is 5.75 Å². The van der Waals surface area contributed by atoms with Gasteiger partial charge in [-0.2, -0.15) is 11.8 Å². The van der Waals surface area contributed by atoms with Gasteiger partial charge in [0.15, 0.2) is 0 Å². The SMILES string of the molecule is CCCCCCCCCCCC/C=C\C(CCC(=O)O)SCCCC(=O)O. The number of aliphatic carboxylic acids is 2. The van der Waals surface area contributed by atoms with Crippen LogP contribution in [-0.2, 0) is 9.59 Å². The molecule has 0 fully saturated rings. The largest absolute Gasteiger partial charge is 0.481 e. The summed E-state index contributed by atoms with van der Waals surface area (Å²) in [5.74, 6) is -0.775. The van der Waals surface area contributed by atoms with Crippen molar-refractivity contribution >= 4 is 23.7 Å². The predicted molar refractivity (Wildman–Crippen MR) is 116 cm³/mol. The molecule has 1 atom stereocenters. The molecule has 2 N–H and O–H groups in total. The van der Waals surface area contributed by atoms with Crippen molar-refractivity contribution in [2.45, 2.75) is 108 Å². The Bertz CT molecular complexity index is 396. The Balaban J connectivity index is 3.75. The third-order valence-corrected chi connectivity index (χ3v) is 5.93. The zero-order valence-corrected chi connectivity index (χ0v) is 18.0. The molecular formula is C22H40O4S. The fourth-order valence-corrected chi connectivity index (χ4v) is 4.08. The number of unbranched alkanes of at least 4 members (excludes halogenated alkanes) is 10. The average molecular weight is 401 g/mol. The highest BCUT2D eigenvalue weighted by Gasteiger charge is 2.08. The van der Waals surface area contributed by atoms with E-state index in [2.05, 4.69) is 19.1 Å². The molecule has 0 aliphatic carbocycles. The summed E-state index contributed by atoms with van der Waals surface area (Å²) in [5, 5.41) is 17.7. The van der Waals surface area contributed by atoms with Crippen LogP contribution >= 0.6 is 11.8 Å². The zero-order valence-electron chi connectivity index (χ0n) is 17.2. The highest BCUT2D eigenvalue weighted by molar-refractivity contribution is 8.00. The van der Waals surface area contributed by atoms with Gasteiger partial charge in [0.25, 0.3) is 0 Å². The summed E-state index contributed by atoms with van der Waals surface area (Å²) in [6, 6.07) is 0. The minimum Gasteiger partial charge on any atom is -0.481 e. The van der Waals surface area contributed by atoms with Gasteiger partial charge in [0.05, 0.1) is 0 Å². The predicted octanol–water partition coefficient (Wildman–Crippen LogP) is 6.69. The summed E-state index contributed by atoms with van der Waals surface area (Å²) in [5.41, 5.74) is 0. The van der Waals surface area contributed by atoms with Crippen LogP contribution < -0.4 is 0 Å². The fraction of sp³-hybridized carbons (Fsp3) is 0.818. The lowest BCUT2D eigenvalue weighted by molar-refractivity contribution is -0.138. The number of carbonyl (C=O) groups is 2. The lowest BCUT2D eigenvalue weighted by atomic mass is 10.1. The Labute approximate surface area is 170 Å². The minimum atomic E-state index is -0.769. The molecule has 0 aliphatic heterocycles. The van der Waals surface area contributed by atoms with Gasteiger partial charge in [-0.15, -0.1) is 0 Å². The van der Waals surface area contributed by atoms with Crippen molar-refractivity contribution in [3.8, 4) is 0 Å². The Kier molecular flexibility index (Phi) is 19.1. The van der Waals surface area contributed by atoms with Crippen molar-refractivity contribution < 1.29 is 19.8 Å². The van der Waals surface area contributed by atoms with Gasteiger partial charge in [0.2, 0.25) is 0 Å². The Hall–Kier alpha value is -0.970. The third-order valence-electron chi connectivity index (χ3n) is 4.58. The summed E-state index contributed by atoms with van der Waals surface area (Å²) in [7, 11) is 0. The second-order valence-electron chi connectivity index (χ2n) is 7.24. The molecule has 4 nitrogen and oxygen atoms in total. The van der Waals surface area contributed by atoms with Crippen LogP contribution in [0.5, 0.6) is 0 Å². The maximum absolute atomic E-state index is 10.8. The Morgan fingerprint density at radius 1 is 0.815 bits per heavy atom. The summed E-state index contributed by atoms with van der Waals surface area (Å²) < 4.78 is 0. The van der Waals surface area contributed by atoms with Crippen molar-refractivity contribution in [3.63, 3.8) is 0 Å². The van der Waals surface area contributed by atoms with Gasteiger partial charge >= 0.3 is 11.9 Å². The van der Waals surface area contributed by atoms with E-state index in [1.807, 2.05) is 0 Å². The lowest BCUT2D eigenvalue weighted by Gasteiger charge is -2.11. The first-order valence-electron chi connectivity index (χ1n) is 10.8. The van der Waals surface area contributed by atoms with Crippen LogP contribution in [0.3, 0.4) is 0 Å². The topological polar surface area (TPSA) is 74.6 Å². The van der Waals surface area contributed by atoms with Crippen LogP contribution in [0.2, 0.25) is 0 Å². The summed E-state index contributed by atoms with van der Waals surface area (Å²) in [6.07, 6.45) is 20.3. The molecule has 27 heavy (non-hydrogen) atoms. The van der Waals surface area contributed by atoms with Crippen molar-refractivity contribution in [2.24, 2.45) is 0 Å². The molecule has 0 aromatic carbocycles. The first-order valence-corrected chi connectivity index (χ1v) is 11.8. The van der Waals surface area contributed by atoms with E-state index in [0.29, 0.717) is 12.8 Å². The van der Waals surface area contributed by atoms with Crippen molar-refractivity contribution in [3.05, 3.63) is 12.2 Å². The highest BCUT2D eigenvalue weighted by Crippen LogP contribution is 2.20. The first-order chi connectivity index (χ1) is 13.1. The molecule has 0 aromatic heterocycles. The van der Waals surface area contributed by atoms with Crippen molar-refractivity contribution in [1.29, 1.82) is 0 Å². The van der Waals surface area contributed by atoms with Gasteiger partial charge in [-0.05, 0) is 31.4 Å². The molecule has 0 saturated carbocycles. The molecular weight excluding hydrogens is 360 g/mol. The fourth-order valence-electron chi connectivity index (χ4n) is 2.96. The van der Waals surface area contributed by atoms with Crippen LogP contribution in [0, 0.1) is 0 Å². The molecule has 158 valence electrons. The minimum absolute atomic E-state index is 0.166. The van der Waals surface area contributed by atoms with E-state index in [0.717, 1.165) is 12.2 Å². The van der Waals surface area contributed by atoms with Crippen LogP contribution in [-0.4, -0.2) is 33.2 Å². The molecule has 1 unspecified atom stereocenters. The van der Waals surface area contributed by atoms with Gasteiger partial charge in [-0.25, -0.2) is 0 Å². The molecule has 0 radical (unpaired) electrons. The quantitative estimate of drug-likeness (QED) is 0.176.